The van der Waals surface area contributed by atoms with E-state index >= 15 is 0 Å². The van der Waals surface area contributed by atoms with Gasteiger partial charge in [0.1, 0.15) is 0 Å². The molecule has 0 atom stereocenters. The van der Waals surface area contributed by atoms with Gasteiger partial charge < -0.3 is 0 Å². The van der Waals surface area contributed by atoms with E-state index in [4.69, 9.17) is 0 Å². The number of hydrogen-bond donors (Lipinski definition) is 0. The molecule has 0 aromatic rings. The van der Waals surface area contributed by atoms with E-state index in [1.807, 2.05) is 0 Å². The van der Waals surface area contributed by atoms with Crippen molar-refractivity contribution in [2.24, 2.45) is 0 Å². The fourth-order valence-electron chi connectivity index (χ4n) is 0. The molecule has 4 heavy (non-hydrogen) atoms. The van der Waals surface area contributed by atoms with Crippen molar-refractivity contribution in [2.75, 3.05) is 0 Å². The first-order valence-corrected chi connectivity index (χ1v) is 0. The van der Waals surface area contributed by atoms with Crippen molar-refractivity contribution in [3.8, 4) is 0 Å². The minimum Gasteiger partial charge on any atom is 2.00 e. The van der Waals surface area contributed by atoms with Crippen LogP contribution in [0, 0.1) is 0 Å². The summed E-state index contributed by atoms with van der Waals surface area (Å²) in [5, 5.41) is 0. The summed E-state index contributed by atoms with van der Waals surface area (Å²) in [5.41, 5.74) is 0. The first-order chi connectivity index (χ1) is 0. The summed E-state index contributed by atoms with van der Waals surface area (Å²) in [6, 6.07) is 0. The molecule has 0 saturated heterocycles. The molecule has 0 rings (SSSR count). The zero-order valence-electron chi connectivity index (χ0n) is 1.42. The molecule has 0 spiro atoms. The smallest absolute Gasteiger partial charge is 2.00 e. The largest absolute Gasteiger partial charge is 2.00 e. The van der Waals surface area contributed by atoms with Crippen molar-refractivity contribution in [2.45, 2.75) is 0 Å². The third-order valence-corrected chi connectivity index (χ3v) is 0. The van der Waals surface area contributed by atoms with E-state index < -0.39 is 0 Å². The number of rotatable bonds is 0. The Morgan fingerprint density at radius 2 is 0.750 bits per heavy atom. The molecule has 4 heteroatoms. The molecule has 0 fully saturated rings. The molecule has 0 nitrogen and oxygen atoms in total. The van der Waals surface area contributed by atoms with Gasteiger partial charge in [0.05, 0.1) is 0 Å². The van der Waals surface area contributed by atoms with Gasteiger partial charge in [-0.25, -0.2) is 0 Å². The Morgan fingerprint density at radius 3 is 0.750 bits per heavy atom. The van der Waals surface area contributed by atoms with E-state index in [-0.39, 0.29) is 67.4 Å². The molecule has 0 aliphatic carbocycles. The summed E-state index contributed by atoms with van der Waals surface area (Å²) < 4.78 is 0. The van der Waals surface area contributed by atoms with Crippen LogP contribution in [0.5, 0.6) is 0 Å². The summed E-state index contributed by atoms with van der Waals surface area (Å²) in [4.78, 5) is 0. The van der Waals surface area contributed by atoms with Gasteiger partial charge >= 0.3 is 67.4 Å². The summed E-state index contributed by atoms with van der Waals surface area (Å²) in [6.45, 7) is 0. The molecule has 1 radical (unpaired) electrons. The predicted molar refractivity (Wildman–Crippen MR) is 0 cm³/mol. The summed E-state index contributed by atoms with van der Waals surface area (Å²) >= 11 is 0. The van der Waals surface area contributed by atoms with Crippen molar-refractivity contribution in [1.82, 2.24) is 0 Å². The normalized spacial score (nSPS) is 0. The SMILES string of the molecule is [Cr+2].[Mn+2].[Ni+2].[Ni+2]. The second kappa shape index (κ2) is 19.8. The van der Waals surface area contributed by atoms with E-state index in [2.05, 4.69) is 0 Å². The van der Waals surface area contributed by atoms with Crippen LogP contribution in [-0.2, 0) is 67.4 Å². The van der Waals surface area contributed by atoms with Crippen molar-refractivity contribution in [3.63, 3.8) is 0 Å². The van der Waals surface area contributed by atoms with Crippen LogP contribution in [0.1, 0.15) is 0 Å². The molecule has 0 aliphatic rings. The Bertz CT molecular complexity index is 6.00. The molecule has 0 aromatic carbocycles. The fourth-order valence-corrected chi connectivity index (χ4v) is 0. The van der Waals surface area contributed by atoms with Gasteiger partial charge in [0, 0.05) is 0 Å². The van der Waals surface area contributed by atoms with Crippen LogP contribution in [0.25, 0.3) is 0 Å². The van der Waals surface area contributed by atoms with Crippen LogP contribution in [0.3, 0.4) is 0 Å². The standard InChI is InChI=1S/Cr.Mn.2Ni/q4*+2. The zero-order valence-corrected chi connectivity index (χ0v) is 5.85. The Hall–Kier alpha value is 2.04. The van der Waals surface area contributed by atoms with Crippen LogP contribution in [0.4, 0.5) is 0 Å². The molecular formula is CrMnNi2+8. The van der Waals surface area contributed by atoms with Gasteiger partial charge in [-0.3, -0.25) is 0 Å². The zero-order chi connectivity index (χ0) is 0. The fraction of sp³-hybridized carbons (Fsp3) is 0. The molecule has 0 amide bonds. The second-order valence-electron chi connectivity index (χ2n) is 0. The molecule has 0 bridgehead atoms. The molecule has 0 aliphatic heterocycles. The average Bonchev–Trinajstić information content (AvgIpc) is 0. The molecular weight excluding hydrogens is 224 g/mol. The van der Waals surface area contributed by atoms with E-state index in [0.29, 0.717) is 0 Å². The average molecular weight is 224 g/mol. The minimum absolute atomic E-state index is 0. The maximum Gasteiger partial charge on any atom is 2.00 e. The Kier molecular flexibility index (Phi) is 182. The van der Waals surface area contributed by atoms with Gasteiger partial charge in [0.15, 0.2) is 0 Å². The van der Waals surface area contributed by atoms with Crippen LogP contribution >= 0.6 is 0 Å². The van der Waals surface area contributed by atoms with Crippen molar-refractivity contribution in [1.29, 1.82) is 0 Å². The van der Waals surface area contributed by atoms with Crippen LogP contribution < -0.4 is 0 Å². The second-order valence-corrected chi connectivity index (χ2v) is 0. The molecule has 0 heterocycles. The monoisotopic (exact) mass is 223 g/mol. The first-order valence-electron chi connectivity index (χ1n) is 0. The summed E-state index contributed by atoms with van der Waals surface area (Å²) in [7, 11) is 0. The molecule has 0 N–H and O–H groups in total. The maximum absolute atomic E-state index is 0. The van der Waals surface area contributed by atoms with Gasteiger partial charge in [-0.2, -0.15) is 0 Å². The minimum atomic E-state index is 0. The van der Waals surface area contributed by atoms with Gasteiger partial charge in [-0.1, -0.05) is 0 Å². The number of hydrogen-bond acceptors (Lipinski definition) is 0. The maximum atomic E-state index is 0. The third kappa shape index (κ3) is 8.97. The Labute approximate surface area is 66.9 Å². The first kappa shape index (κ1) is 36.9. The molecule has 25 valence electrons. The van der Waals surface area contributed by atoms with Gasteiger partial charge in [-0.05, 0) is 0 Å². The third-order valence-electron chi connectivity index (χ3n) is 0. The predicted octanol–water partition coefficient (Wildman–Crippen LogP) is -0.0100. The Balaban J connectivity index is 0. The van der Waals surface area contributed by atoms with Crippen molar-refractivity contribution >= 4 is 0 Å². The van der Waals surface area contributed by atoms with Crippen LogP contribution in [0.2, 0.25) is 0 Å². The molecule has 0 saturated carbocycles. The van der Waals surface area contributed by atoms with Gasteiger partial charge in [0.25, 0.3) is 0 Å². The molecule has 0 unspecified atom stereocenters. The molecule has 0 aromatic heterocycles. The van der Waals surface area contributed by atoms with E-state index in [0.717, 1.165) is 0 Å². The topological polar surface area (TPSA) is 0 Å². The van der Waals surface area contributed by atoms with Gasteiger partial charge in [0.2, 0.25) is 0 Å². The Morgan fingerprint density at radius 1 is 0.750 bits per heavy atom. The quantitative estimate of drug-likeness (QED) is 0.508. The van der Waals surface area contributed by atoms with Gasteiger partial charge in [-0.15, -0.1) is 0 Å². The van der Waals surface area contributed by atoms with Crippen molar-refractivity contribution < 1.29 is 67.4 Å². The van der Waals surface area contributed by atoms with Crippen LogP contribution in [-0.4, -0.2) is 0 Å². The van der Waals surface area contributed by atoms with E-state index in [9.17, 15) is 0 Å². The van der Waals surface area contributed by atoms with Crippen LogP contribution in [0.15, 0.2) is 0 Å². The summed E-state index contributed by atoms with van der Waals surface area (Å²) in [5.74, 6) is 0. The van der Waals surface area contributed by atoms with E-state index in [1.165, 1.54) is 0 Å². The summed E-state index contributed by atoms with van der Waals surface area (Å²) in [6.07, 6.45) is 0. The van der Waals surface area contributed by atoms with E-state index in [1.54, 1.807) is 0 Å². The van der Waals surface area contributed by atoms with Crippen molar-refractivity contribution in [3.05, 3.63) is 0 Å².